The number of imide groups is 1. The molecule has 9 nitrogen and oxygen atoms in total. The van der Waals surface area contributed by atoms with Crippen LogP contribution in [0, 0.1) is 0 Å². The van der Waals surface area contributed by atoms with Gasteiger partial charge in [0.25, 0.3) is 17.7 Å². The summed E-state index contributed by atoms with van der Waals surface area (Å²) in [6, 6.07) is 29.1. The zero-order valence-corrected chi connectivity index (χ0v) is 30.7. The van der Waals surface area contributed by atoms with Gasteiger partial charge in [-0.15, -0.1) is 0 Å². The smallest absolute Gasteiger partial charge is 0.280 e. The summed E-state index contributed by atoms with van der Waals surface area (Å²) in [7, 11) is 0. The van der Waals surface area contributed by atoms with E-state index in [9.17, 15) is 0 Å². The van der Waals surface area contributed by atoms with E-state index in [1.165, 1.54) is 5.01 Å². The number of carbonyl (C=O) groups excluding carboxylic acids is 3. The van der Waals surface area contributed by atoms with Crippen molar-refractivity contribution in [3.8, 4) is 11.5 Å². The van der Waals surface area contributed by atoms with Gasteiger partial charge in [0.2, 0.25) is 0 Å². The summed E-state index contributed by atoms with van der Waals surface area (Å²) in [5.74, 6) is -0.334. The van der Waals surface area contributed by atoms with Crippen LogP contribution in [0.1, 0.15) is 88.3 Å². The summed E-state index contributed by atoms with van der Waals surface area (Å²) >= 11 is 0. The molecule has 3 amide bonds. The lowest BCUT2D eigenvalue weighted by molar-refractivity contribution is -0.0229. The van der Waals surface area contributed by atoms with Crippen molar-refractivity contribution in [2.24, 2.45) is 0 Å². The Balaban J connectivity index is 1.31. The van der Waals surface area contributed by atoms with Crippen LogP contribution >= 0.6 is 0 Å². The molecule has 0 N–H and O–H groups in total. The Morgan fingerprint density at radius 3 is 1.77 bits per heavy atom. The zero-order valence-electron chi connectivity index (χ0n) is 30.7. The Morgan fingerprint density at radius 2 is 1.17 bits per heavy atom. The van der Waals surface area contributed by atoms with Gasteiger partial charge in [-0.25, -0.2) is 5.01 Å². The third-order valence-electron chi connectivity index (χ3n) is 11.8. The number of anilines is 3. The summed E-state index contributed by atoms with van der Waals surface area (Å²) in [6.07, 6.45) is 2.21. The Labute approximate surface area is 309 Å². The van der Waals surface area contributed by atoms with Crippen molar-refractivity contribution < 1.29 is 19.1 Å². The molecule has 0 aromatic heterocycles. The second kappa shape index (κ2) is 12.4. The van der Waals surface area contributed by atoms with Crippen LogP contribution in [0.3, 0.4) is 0 Å². The molecule has 4 aliphatic heterocycles. The molecule has 9 heteroatoms. The number of nitrogens with zero attached hydrogens (tertiary/aromatic N) is 5. The molecule has 0 aliphatic carbocycles. The first-order valence-electron chi connectivity index (χ1n) is 19.0. The van der Waals surface area contributed by atoms with Crippen LogP contribution in [-0.4, -0.2) is 67.0 Å². The number of hydrazine groups is 1. The SMILES string of the molecule is CCN(CC)c1ccc2c(c1)Oc1cc(N(CC)CC)ccc1C21c2ccccc2C(=O)N1N1C(=O)c2cccc3c(N4CCCC4)ccc(c23)C1=O. The molecule has 1 spiro atoms. The van der Waals surface area contributed by atoms with Gasteiger partial charge in [0.05, 0.1) is 11.1 Å². The molecule has 1 saturated heterocycles. The Bertz CT molecular complexity index is 2250. The highest BCUT2D eigenvalue weighted by molar-refractivity contribution is 6.27. The van der Waals surface area contributed by atoms with E-state index in [0.717, 1.165) is 79.6 Å². The van der Waals surface area contributed by atoms with E-state index in [1.807, 2.05) is 78.9 Å². The number of rotatable bonds is 8. The largest absolute Gasteiger partial charge is 0.456 e. The van der Waals surface area contributed by atoms with Crippen LogP contribution in [0.2, 0.25) is 0 Å². The molecule has 0 bridgehead atoms. The van der Waals surface area contributed by atoms with Crippen molar-refractivity contribution in [1.82, 2.24) is 10.0 Å². The lowest BCUT2D eigenvalue weighted by Gasteiger charge is -2.48. The van der Waals surface area contributed by atoms with Gasteiger partial charge in [-0.1, -0.05) is 42.5 Å². The number of benzene rings is 5. The van der Waals surface area contributed by atoms with Crippen LogP contribution in [0.15, 0.2) is 91.0 Å². The Morgan fingerprint density at radius 1 is 0.604 bits per heavy atom. The molecule has 0 unspecified atom stereocenters. The first-order valence-corrected chi connectivity index (χ1v) is 19.0. The second-order valence-electron chi connectivity index (χ2n) is 14.2. The number of fused-ring (bicyclic) bond motifs is 6. The summed E-state index contributed by atoms with van der Waals surface area (Å²) < 4.78 is 6.84. The number of carbonyl (C=O) groups is 3. The predicted molar refractivity (Wildman–Crippen MR) is 208 cm³/mol. The molecule has 0 atom stereocenters. The van der Waals surface area contributed by atoms with Crippen LogP contribution in [0.25, 0.3) is 10.8 Å². The van der Waals surface area contributed by atoms with Gasteiger partial charge in [0, 0.05) is 101 Å². The number of amides is 3. The Hall–Kier alpha value is -5.83. The summed E-state index contributed by atoms with van der Waals surface area (Å²) in [4.78, 5) is 52.1. The average molecular weight is 706 g/mol. The van der Waals surface area contributed by atoms with Crippen molar-refractivity contribution >= 4 is 45.6 Å². The summed E-state index contributed by atoms with van der Waals surface area (Å²) in [5, 5.41) is 4.07. The first kappa shape index (κ1) is 33.0. The average Bonchev–Trinajstić information content (AvgIpc) is 3.81. The van der Waals surface area contributed by atoms with E-state index in [0.29, 0.717) is 50.3 Å². The number of hydrogen-bond acceptors (Lipinski definition) is 7. The predicted octanol–water partition coefficient (Wildman–Crippen LogP) is 8.20. The minimum Gasteiger partial charge on any atom is -0.456 e. The molecular formula is C44H43N5O4. The van der Waals surface area contributed by atoms with Crippen molar-refractivity contribution in [3.63, 3.8) is 0 Å². The standard InChI is InChI=1S/C44H43N5O4/c1-5-45(6-2)28-18-21-35-38(26-28)53-39-27-29(46(7-3)8-4)19-22-36(39)44(35)34-17-10-9-14-30(34)43(52)49(44)48-41(50)32-16-13-15-31-37(47-24-11-12-25-47)23-20-33(40(31)32)42(48)51/h9-10,13-23,26-27H,5-8,11-12,24-25H2,1-4H3. The van der Waals surface area contributed by atoms with Crippen LogP contribution < -0.4 is 19.4 Å². The van der Waals surface area contributed by atoms with E-state index in [2.05, 4.69) is 42.4 Å². The second-order valence-corrected chi connectivity index (χ2v) is 14.2. The third-order valence-corrected chi connectivity index (χ3v) is 11.8. The monoisotopic (exact) mass is 705 g/mol. The molecule has 4 aliphatic rings. The first-order chi connectivity index (χ1) is 25.9. The van der Waals surface area contributed by atoms with E-state index in [4.69, 9.17) is 4.74 Å². The molecule has 5 aromatic carbocycles. The maximum Gasteiger partial charge on any atom is 0.280 e. The normalized spacial score (nSPS) is 16.6. The maximum atomic E-state index is 15.1. The summed E-state index contributed by atoms with van der Waals surface area (Å²) in [5.41, 5.74) is 4.89. The minimum atomic E-state index is -1.40. The van der Waals surface area contributed by atoms with Crippen LogP contribution in [0.5, 0.6) is 11.5 Å². The van der Waals surface area contributed by atoms with Gasteiger partial charge in [0.1, 0.15) is 17.0 Å². The number of hydrogen-bond donors (Lipinski definition) is 0. The molecule has 268 valence electrons. The quantitative estimate of drug-likeness (QED) is 0.151. The van der Waals surface area contributed by atoms with Gasteiger partial charge in [-0.05, 0) is 76.9 Å². The fourth-order valence-corrected chi connectivity index (χ4v) is 9.23. The third kappa shape index (κ3) is 4.52. The molecular weight excluding hydrogens is 663 g/mol. The zero-order chi connectivity index (χ0) is 36.6. The fourth-order valence-electron chi connectivity index (χ4n) is 9.23. The maximum absolute atomic E-state index is 15.1. The van der Waals surface area contributed by atoms with Gasteiger partial charge >= 0.3 is 0 Å². The van der Waals surface area contributed by atoms with Crippen molar-refractivity contribution in [3.05, 3.63) is 124 Å². The van der Waals surface area contributed by atoms with Crippen molar-refractivity contribution in [1.29, 1.82) is 0 Å². The van der Waals surface area contributed by atoms with Crippen LogP contribution in [0.4, 0.5) is 17.1 Å². The highest BCUT2D eigenvalue weighted by atomic mass is 16.5. The highest BCUT2D eigenvalue weighted by Crippen LogP contribution is 2.59. The lowest BCUT2D eigenvalue weighted by Crippen LogP contribution is -2.60. The summed E-state index contributed by atoms with van der Waals surface area (Å²) in [6.45, 7) is 13.5. The highest BCUT2D eigenvalue weighted by Gasteiger charge is 2.61. The minimum absolute atomic E-state index is 0.401. The molecule has 5 aromatic rings. The lowest BCUT2D eigenvalue weighted by atomic mass is 9.75. The van der Waals surface area contributed by atoms with Gasteiger partial charge in [0.15, 0.2) is 0 Å². The molecule has 4 heterocycles. The van der Waals surface area contributed by atoms with Crippen LogP contribution in [-0.2, 0) is 5.54 Å². The number of ether oxygens (including phenoxy) is 1. The fraction of sp³-hybridized carbons (Fsp3) is 0.295. The van der Waals surface area contributed by atoms with Crippen molar-refractivity contribution in [2.45, 2.75) is 46.1 Å². The van der Waals surface area contributed by atoms with E-state index < -0.39 is 23.3 Å². The van der Waals surface area contributed by atoms with Gasteiger partial charge in [-0.2, -0.15) is 5.01 Å². The van der Waals surface area contributed by atoms with E-state index in [-0.39, 0.29) is 0 Å². The van der Waals surface area contributed by atoms with E-state index in [1.54, 1.807) is 12.1 Å². The van der Waals surface area contributed by atoms with Gasteiger partial charge < -0.3 is 19.4 Å². The molecule has 0 saturated carbocycles. The molecule has 53 heavy (non-hydrogen) atoms. The topological polar surface area (TPSA) is 76.6 Å². The van der Waals surface area contributed by atoms with E-state index >= 15 is 14.4 Å². The Kier molecular flexibility index (Phi) is 7.73. The molecule has 0 radical (unpaired) electrons. The van der Waals surface area contributed by atoms with Crippen molar-refractivity contribution in [2.75, 3.05) is 54.0 Å². The molecule has 9 rings (SSSR count). The van der Waals surface area contributed by atoms with Gasteiger partial charge in [-0.3, -0.25) is 14.4 Å². The molecule has 1 fully saturated rings.